The molecule has 1 aliphatic rings. The predicted molar refractivity (Wildman–Crippen MR) is 57.9 cm³/mol. The van der Waals surface area contributed by atoms with E-state index in [2.05, 4.69) is 6.92 Å². The van der Waals surface area contributed by atoms with Crippen molar-refractivity contribution in [3.63, 3.8) is 0 Å². The molecule has 0 aromatic carbocycles. The number of nitrogens with two attached hydrogens (primary N) is 1. The number of carbonyl (C=O) groups excluding carboxylic acids is 1. The minimum atomic E-state index is -0.718. The largest absolute Gasteiger partial charge is 0.338 e. The normalized spacial score (nSPS) is 23.7. The highest BCUT2D eigenvalue weighted by Gasteiger charge is 2.32. The van der Waals surface area contributed by atoms with Crippen LogP contribution >= 0.6 is 0 Å². The highest BCUT2D eigenvalue weighted by molar-refractivity contribution is 5.85. The van der Waals surface area contributed by atoms with Crippen LogP contribution in [0.25, 0.3) is 0 Å². The second-order valence-electron chi connectivity index (χ2n) is 4.78. The number of nitrogens with zero attached hydrogens (tertiary/aromatic N) is 1. The standard InChI is InChI=1S/C11H22N2O/c1-4-9-7-5-6-8-13(9)10(14)11(2,3)12/h9H,4-8,12H2,1-3H3. The van der Waals surface area contributed by atoms with Gasteiger partial charge in [-0.25, -0.2) is 0 Å². The van der Waals surface area contributed by atoms with Gasteiger partial charge in [-0.1, -0.05) is 6.92 Å². The number of rotatable bonds is 2. The molecule has 0 aliphatic carbocycles. The van der Waals surface area contributed by atoms with Crippen molar-refractivity contribution in [2.75, 3.05) is 6.54 Å². The fourth-order valence-corrected chi connectivity index (χ4v) is 2.06. The summed E-state index contributed by atoms with van der Waals surface area (Å²) in [5.74, 6) is 0.101. The van der Waals surface area contributed by atoms with Crippen molar-refractivity contribution in [3.8, 4) is 0 Å². The lowest BCUT2D eigenvalue weighted by molar-refractivity contribution is -0.139. The molecular formula is C11H22N2O. The Morgan fingerprint density at radius 3 is 2.64 bits per heavy atom. The number of amides is 1. The molecule has 0 saturated carbocycles. The third kappa shape index (κ3) is 2.47. The molecular weight excluding hydrogens is 176 g/mol. The fourth-order valence-electron chi connectivity index (χ4n) is 2.06. The van der Waals surface area contributed by atoms with Crippen LogP contribution in [-0.4, -0.2) is 28.9 Å². The Kier molecular flexibility index (Phi) is 3.53. The second-order valence-corrected chi connectivity index (χ2v) is 4.78. The predicted octanol–water partition coefficient (Wildman–Crippen LogP) is 1.51. The maximum Gasteiger partial charge on any atom is 0.242 e. The zero-order valence-corrected chi connectivity index (χ0v) is 9.55. The van der Waals surface area contributed by atoms with Crippen molar-refractivity contribution >= 4 is 5.91 Å². The maximum atomic E-state index is 12.0. The number of likely N-dealkylation sites (tertiary alicyclic amines) is 1. The molecule has 2 N–H and O–H groups in total. The van der Waals surface area contributed by atoms with E-state index in [0.717, 1.165) is 25.8 Å². The lowest BCUT2D eigenvalue weighted by Gasteiger charge is -2.38. The van der Waals surface area contributed by atoms with Gasteiger partial charge in [0, 0.05) is 12.6 Å². The van der Waals surface area contributed by atoms with Gasteiger partial charge in [0.25, 0.3) is 0 Å². The number of hydrogen-bond donors (Lipinski definition) is 1. The highest BCUT2D eigenvalue weighted by atomic mass is 16.2. The Morgan fingerprint density at radius 1 is 1.50 bits per heavy atom. The monoisotopic (exact) mass is 198 g/mol. The van der Waals surface area contributed by atoms with E-state index in [-0.39, 0.29) is 5.91 Å². The van der Waals surface area contributed by atoms with Gasteiger partial charge in [-0.2, -0.15) is 0 Å². The zero-order valence-electron chi connectivity index (χ0n) is 9.55. The fraction of sp³-hybridized carbons (Fsp3) is 0.909. The van der Waals surface area contributed by atoms with Crippen LogP contribution in [0.5, 0.6) is 0 Å². The second kappa shape index (κ2) is 4.30. The molecule has 0 spiro atoms. The van der Waals surface area contributed by atoms with Gasteiger partial charge in [-0.05, 0) is 39.5 Å². The van der Waals surface area contributed by atoms with Gasteiger partial charge in [0.05, 0.1) is 5.54 Å². The minimum absolute atomic E-state index is 0.101. The SMILES string of the molecule is CCC1CCCCN1C(=O)C(C)(C)N. The van der Waals surface area contributed by atoms with Crippen LogP contribution in [0.2, 0.25) is 0 Å². The van der Waals surface area contributed by atoms with E-state index in [1.54, 1.807) is 13.8 Å². The molecule has 1 atom stereocenters. The van der Waals surface area contributed by atoms with Crippen molar-refractivity contribution in [2.45, 2.75) is 58.0 Å². The molecule has 3 nitrogen and oxygen atoms in total. The van der Waals surface area contributed by atoms with Gasteiger partial charge < -0.3 is 10.6 Å². The molecule has 0 radical (unpaired) electrons. The summed E-state index contributed by atoms with van der Waals surface area (Å²) in [6.07, 6.45) is 4.55. The van der Waals surface area contributed by atoms with E-state index in [4.69, 9.17) is 5.73 Å². The van der Waals surface area contributed by atoms with E-state index < -0.39 is 5.54 Å². The Bertz CT molecular complexity index is 208. The van der Waals surface area contributed by atoms with Crippen LogP contribution in [0.15, 0.2) is 0 Å². The summed E-state index contributed by atoms with van der Waals surface area (Å²) in [6.45, 7) is 6.60. The van der Waals surface area contributed by atoms with Crippen molar-refractivity contribution < 1.29 is 4.79 Å². The van der Waals surface area contributed by atoms with Gasteiger partial charge in [0.1, 0.15) is 0 Å². The van der Waals surface area contributed by atoms with Crippen molar-refractivity contribution in [1.29, 1.82) is 0 Å². The van der Waals surface area contributed by atoms with Crippen LogP contribution in [0.4, 0.5) is 0 Å². The van der Waals surface area contributed by atoms with Crippen LogP contribution in [0, 0.1) is 0 Å². The molecule has 0 aromatic rings. The van der Waals surface area contributed by atoms with Crippen LogP contribution < -0.4 is 5.73 Å². The van der Waals surface area contributed by atoms with Gasteiger partial charge in [-0.15, -0.1) is 0 Å². The molecule has 14 heavy (non-hydrogen) atoms. The first-order chi connectivity index (χ1) is 6.46. The van der Waals surface area contributed by atoms with Gasteiger partial charge >= 0.3 is 0 Å². The summed E-state index contributed by atoms with van der Waals surface area (Å²) in [5.41, 5.74) is 5.12. The minimum Gasteiger partial charge on any atom is -0.338 e. The summed E-state index contributed by atoms with van der Waals surface area (Å²) in [4.78, 5) is 14.0. The van der Waals surface area contributed by atoms with E-state index in [1.807, 2.05) is 4.90 Å². The summed E-state index contributed by atoms with van der Waals surface area (Å²) in [7, 11) is 0. The van der Waals surface area contributed by atoms with Crippen LogP contribution in [-0.2, 0) is 4.79 Å². The highest BCUT2D eigenvalue weighted by Crippen LogP contribution is 2.21. The van der Waals surface area contributed by atoms with Crippen molar-refractivity contribution in [1.82, 2.24) is 4.90 Å². The van der Waals surface area contributed by atoms with Crippen molar-refractivity contribution in [3.05, 3.63) is 0 Å². The smallest absolute Gasteiger partial charge is 0.242 e. The molecule has 1 rings (SSSR count). The zero-order chi connectivity index (χ0) is 10.8. The molecule has 1 amide bonds. The molecule has 1 heterocycles. The van der Waals surface area contributed by atoms with E-state index >= 15 is 0 Å². The van der Waals surface area contributed by atoms with Crippen molar-refractivity contribution in [2.24, 2.45) is 5.73 Å². The molecule has 0 bridgehead atoms. The third-order valence-electron chi connectivity index (χ3n) is 2.91. The summed E-state index contributed by atoms with van der Waals surface area (Å²) < 4.78 is 0. The number of hydrogen-bond acceptors (Lipinski definition) is 2. The van der Waals surface area contributed by atoms with Gasteiger partial charge in [0.15, 0.2) is 0 Å². The molecule has 3 heteroatoms. The maximum absolute atomic E-state index is 12.0. The Hall–Kier alpha value is -0.570. The average Bonchev–Trinajstić information content (AvgIpc) is 2.15. The molecule has 1 saturated heterocycles. The Labute approximate surface area is 86.6 Å². The summed E-state index contributed by atoms with van der Waals surface area (Å²) >= 11 is 0. The Balaban J connectivity index is 2.69. The number of carbonyl (C=O) groups is 1. The first-order valence-electron chi connectivity index (χ1n) is 5.56. The lowest BCUT2D eigenvalue weighted by atomic mass is 9.96. The third-order valence-corrected chi connectivity index (χ3v) is 2.91. The van der Waals surface area contributed by atoms with Gasteiger partial charge in [-0.3, -0.25) is 4.79 Å². The molecule has 1 fully saturated rings. The number of piperidine rings is 1. The molecule has 1 aliphatic heterocycles. The van der Waals surface area contributed by atoms with E-state index in [1.165, 1.54) is 6.42 Å². The first-order valence-corrected chi connectivity index (χ1v) is 5.56. The lowest BCUT2D eigenvalue weighted by Crippen LogP contribution is -2.55. The van der Waals surface area contributed by atoms with Crippen LogP contribution in [0.1, 0.15) is 46.5 Å². The van der Waals surface area contributed by atoms with Crippen LogP contribution in [0.3, 0.4) is 0 Å². The summed E-state index contributed by atoms with van der Waals surface area (Å²) in [5, 5.41) is 0. The summed E-state index contributed by atoms with van der Waals surface area (Å²) in [6, 6.07) is 0.416. The van der Waals surface area contributed by atoms with E-state index in [0.29, 0.717) is 6.04 Å². The molecule has 82 valence electrons. The van der Waals surface area contributed by atoms with E-state index in [9.17, 15) is 4.79 Å². The average molecular weight is 198 g/mol. The first kappa shape index (κ1) is 11.5. The molecule has 0 aromatic heterocycles. The topological polar surface area (TPSA) is 46.3 Å². The molecule has 1 unspecified atom stereocenters. The quantitative estimate of drug-likeness (QED) is 0.731. The Morgan fingerprint density at radius 2 is 2.14 bits per heavy atom. The van der Waals surface area contributed by atoms with Gasteiger partial charge in [0.2, 0.25) is 5.91 Å².